The standard InChI is InChI=1S/C10H16Br2O4/c1-3-10(12,9(15)16-4-2)6-5-7(11)8(13)14/h7H,3-6H2,1-2H3,(H,13,14). The van der Waals surface area contributed by atoms with Gasteiger partial charge in [0, 0.05) is 0 Å². The molecule has 0 saturated carbocycles. The van der Waals surface area contributed by atoms with Gasteiger partial charge in [-0.1, -0.05) is 38.8 Å². The molecular weight excluding hydrogens is 344 g/mol. The van der Waals surface area contributed by atoms with E-state index in [9.17, 15) is 9.59 Å². The van der Waals surface area contributed by atoms with Crippen molar-refractivity contribution in [2.24, 2.45) is 0 Å². The second-order valence-corrected chi connectivity index (χ2v) is 6.01. The van der Waals surface area contributed by atoms with Gasteiger partial charge in [-0.05, 0) is 26.2 Å². The molecule has 94 valence electrons. The van der Waals surface area contributed by atoms with E-state index in [1.165, 1.54) is 0 Å². The van der Waals surface area contributed by atoms with E-state index in [1.807, 2.05) is 6.92 Å². The molecule has 0 amide bonds. The number of alkyl halides is 2. The normalized spacial score (nSPS) is 16.2. The predicted molar refractivity (Wildman–Crippen MR) is 68.2 cm³/mol. The van der Waals surface area contributed by atoms with Crippen LogP contribution in [0.15, 0.2) is 0 Å². The quantitative estimate of drug-likeness (QED) is 0.560. The Balaban J connectivity index is 4.37. The minimum atomic E-state index is -0.921. The molecular formula is C10H16Br2O4. The maximum atomic E-state index is 11.6. The van der Waals surface area contributed by atoms with Crippen LogP contribution in [-0.4, -0.2) is 32.8 Å². The highest BCUT2D eigenvalue weighted by Gasteiger charge is 2.36. The van der Waals surface area contributed by atoms with Gasteiger partial charge in [0.2, 0.25) is 0 Å². The van der Waals surface area contributed by atoms with Gasteiger partial charge in [0.05, 0.1) is 6.61 Å². The Morgan fingerprint density at radius 3 is 2.38 bits per heavy atom. The SMILES string of the molecule is CCOC(=O)C(Br)(CC)CCC(Br)C(=O)O. The number of carboxylic acids is 1. The number of carbonyl (C=O) groups is 2. The van der Waals surface area contributed by atoms with Crippen LogP contribution in [0.4, 0.5) is 0 Å². The van der Waals surface area contributed by atoms with Crippen molar-refractivity contribution in [3.8, 4) is 0 Å². The van der Waals surface area contributed by atoms with E-state index in [0.717, 1.165) is 0 Å². The predicted octanol–water partition coefficient (Wildman–Crippen LogP) is 2.72. The topological polar surface area (TPSA) is 63.6 Å². The highest BCUT2D eigenvalue weighted by molar-refractivity contribution is 9.10. The third-order valence-corrected chi connectivity index (χ3v) is 4.39. The summed E-state index contributed by atoms with van der Waals surface area (Å²) >= 11 is 6.38. The number of hydrogen-bond donors (Lipinski definition) is 1. The molecule has 4 nitrogen and oxygen atoms in total. The van der Waals surface area contributed by atoms with Crippen molar-refractivity contribution in [3.63, 3.8) is 0 Å². The summed E-state index contributed by atoms with van der Waals surface area (Å²) in [6.45, 7) is 3.92. The van der Waals surface area contributed by atoms with Gasteiger partial charge in [0.1, 0.15) is 9.15 Å². The average molecular weight is 360 g/mol. The fourth-order valence-corrected chi connectivity index (χ4v) is 1.73. The number of carbonyl (C=O) groups excluding carboxylic acids is 1. The first-order chi connectivity index (χ1) is 7.37. The van der Waals surface area contributed by atoms with Crippen LogP contribution in [0.2, 0.25) is 0 Å². The Hall–Kier alpha value is -0.100. The maximum absolute atomic E-state index is 11.6. The molecule has 0 aliphatic rings. The van der Waals surface area contributed by atoms with Crippen molar-refractivity contribution in [3.05, 3.63) is 0 Å². The Bertz CT molecular complexity index is 257. The number of halogens is 2. The molecule has 0 rings (SSSR count). The third kappa shape index (κ3) is 4.82. The lowest BCUT2D eigenvalue weighted by Gasteiger charge is -2.24. The smallest absolute Gasteiger partial charge is 0.322 e. The molecule has 0 aromatic rings. The van der Waals surface area contributed by atoms with Crippen LogP contribution < -0.4 is 0 Å². The molecule has 0 saturated heterocycles. The number of rotatable bonds is 7. The fourth-order valence-electron chi connectivity index (χ4n) is 1.16. The summed E-state index contributed by atoms with van der Waals surface area (Å²) in [5.41, 5.74) is 0. The molecule has 0 heterocycles. The lowest BCUT2D eigenvalue weighted by Crippen LogP contribution is -2.34. The van der Waals surface area contributed by atoms with E-state index in [-0.39, 0.29) is 5.97 Å². The first kappa shape index (κ1) is 15.9. The maximum Gasteiger partial charge on any atom is 0.322 e. The summed E-state index contributed by atoms with van der Waals surface area (Å²) in [4.78, 5) is 21.6. The van der Waals surface area contributed by atoms with Gasteiger partial charge in [0.25, 0.3) is 0 Å². The fraction of sp³-hybridized carbons (Fsp3) is 0.800. The summed E-state index contributed by atoms with van der Waals surface area (Å²) in [6, 6.07) is 0. The summed E-state index contributed by atoms with van der Waals surface area (Å²) in [7, 11) is 0. The third-order valence-electron chi connectivity index (χ3n) is 2.26. The van der Waals surface area contributed by atoms with Crippen LogP contribution in [0, 0.1) is 0 Å². The second kappa shape index (κ2) is 7.27. The van der Waals surface area contributed by atoms with E-state index in [2.05, 4.69) is 31.9 Å². The highest BCUT2D eigenvalue weighted by Crippen LogP contribution is 2.31. The molecule has 0 aliphatic heterocycles. The molecule has 2 unspecified atom stereocenters. The van der Waals surface area contributed by atoms with Gasteiger partial charge < -0.3 is 9.84 Å². The monoisotopic (exact) mass is 358 g/mol. The van der Waals surface area contributed by atoms with Crippen LogP contribution in [0.3, 0.4) is 0 Å². The minimum absolute atomic E-state index is 0.322. The zero-order valence-corrected chi connectivity index (χ0v) is 12.5. The van der Waals surface area contributed by atoms with Gasteiger partial charge in [-0.2, -0.15) is 0 Å². The summed E-state index contributed by atoms with van der Waals surface area (Å²) in [6.07, 6.45) is 1.35. The van der Waals surface area contributed by atoms with Crippen molar-refractivity contribution in [2.45, 2.75) is 42.3 Å². The zero-order valence-electron chi connectivity index (χ0n) is 9.33. The van der Waals surface area contributed by atoms with Crippen LogP contribution in [-0.2, 0) is 14.3 Å². The van der Waals surface area contributed by atoms with E-state index in [0.29, 0.717) is 25.9 Å². The van der Waals surface area contributed by atoms with Crippen molar-refractivity contribution >= 4 is 43.8 Å². The summed E-state index contributed by atoms with van der Waals surface area (Å²) < 4.78 is 4.17. The van der Waals surface area contributed by atoms with Crippen molar-refractivity contribution < 1.29 is 19.4 Å². The van der Waals surface area contributed by atoms with Gasteiger partial charge in [-0.25, -0.2) is 0 Å². The number of hydrogen-bond acceptors (Lipinski definition) is 3. The van der Waals surface area contributed by atoms with Crippen LogP contribution >= 0.6 is 31.9 Å². The Morgan fingerprint density at radius 1 is 1.44 bits per heavy atom. The molecule has 6 heteroatoms. The van der Waals surface area contributed by atoms with Gasteiger partial charge >= 0.3 is 11.9 Å². The van der Waals surface area contributed by atoms with Gasteiger partial charge in [0.15, 0.2) is 0 Å². The molecule has 1 N–H and O–H groups in total. The second-order valence-electron chi connectivity index (χ2n) is 3.38. The zero-order chi connectivity index (χ0) is 12.8. The van der Waals surface area contributed by atoms with E-state index >= 15 is 0 Å². The molecule has 0 radical (unpaired) electrons. The van der Waals surface area contributed by atoms with Crippen LogP contribution in [0.1, 0.15) is 33.1 Å². The van der Waals surface area contributed by atoms with Crippen molar-refractivity contribution in [1.82, 2.24) is 0 Å². The Kier molecular flexibility index (Phi) is 7.22. The molecule has 16 heavy (non-hydrogen) atoms. The van der Waals surface area contributed by atoms with E-state index in [4.69, 9.17) is 9.84 Å². The first-order valence-electron chi connectivity index (χ1n) is 5.10. The first-order valence-corrected chi connectivity index (χ1v) is 6.81. The minimum Gasteiger partial charge on any atom is -0.480 e. The summed E-state index contributed by atoms with van der Waals surface area (Å²) in [5.74, 6) is -1.25. The van der Waals surface area contributed by atoms with Gasteiger partial charge in [-0.3, -0.25) is 9.59 Å². The van der Waals surface area contributed by atoms with Crippen molar-refractivity contribution in [1.29, 1.82) is 0 Å². The molecule has 0 bridgehead atoms. The van der Waals surface area contributed by atoms with Crippen LogP contribution in [0.25, 0.3) is 0 Å². The van der Waals surface area contributed by atoms with Gasteiger partial charge in [-0.15, -0.1) is 0 Å². The number of ether oxygens (including phenoxy) is 1. The average Bonchev–Trinajstić information content (AvgIpc) is 2.25. The lowest BCUT2D eigenvalue weighted by atomic mass is 9.99. The van der Waals surface area contributed by atoms with Crippen molar-refractivity contribution in [2.75, 3.05) is 6.61 Å². The Labute approximate surface area is 112 Å². The number of esters is 1. The molecule has 0 fully saturated rings. The van der Waals surface area contributed by atoms with Crippen LogP contribution in [0.5, 0.6) is 0 Å². The molecule has 0 aromatic heterocycles. The lowest BCUT2D eigenvalue weighted by molar-refractivity contribution is -0.146. The molecule has 0 aromatic carbocycles. The molecule has 0 aliphatic carbocycles. The number of aliphatic carboxylic acids is 1. The Morgan fingerprint density at radius 2 is 2.00 bits per heavy atom. The van der Waals surface area contributed by atoms with E-state index < -0.39 is 15.1 Å². The molecule has 0 spiro atoms. The summed E-state index contributed by atoms with van der Waals surface area (Å²) in [5, 5.41) is 8.72. The van der Waals surface area contributed by atoms with E-state index in [1.54, 1.807) is 6.92 Å². The largest absolute Gasteiger partial charge is 0.480 e. The number of carboxylic acid groups (broad SMARTS) is 1. The highest BCUT2D eigenvalue weighted by atomic mass is 79.9. The molecule has 2 atom stereocenters.